The Labute approximate surface area is 123 Å². The van der Waals surface area contributed by atoms with Crippen molar-refractivity contribution in [2.45, 2.75) is 18.9 Å². The molecule has 2 heterocycles. The third-order valence-electron chi connectivity index (χ3n) is 3.32. The molecular formula is C15H18N2O4. The van der Waals surface area contributed by atoms with Crippen molar-refractivity contribution in [2.75, 3.05) is 26.9 Å². The van der Waals surface area contributed by atoms with Crippen LogP contribution in [0.15, 0.2) is 28.8 Å². The summed E-state index contributed by atoms with van der Waals surface area (Å²) < 4.78 is 21.3. The summed E-state index contributed by atoms with van der Waals surface area (Å²) in [5, 5.41) is 4.01. The van der Waals surface area contributed by atoms with E-state index in [1.165, 1.54) is 0 Å². The van der Waals surface area contributed by atoms with Gasteiger partial charge in [0.05, 0.1) is 6.61 Å². The Balaban J connectivity index is 1.66. The number of ether oxygens (including phenoxy) is 3. The summed E-state index contributed by atoms with van der Waals surface area (Å²) in [6.45, 7) is 1.86. The minimum Gasteiger partial charge on any atom is -0.491 e. The first-order valence-corrected chi connectivity index (χ1v) is 7.04. The van der Waals surface area contributed by atoms with Crippen LogP contribution >= 0.6 is 0 Å². The van der Waals surface area contributed by atoms with Crippen LogP contribution in [0.2, 0.25) is 0 Å². The molecule has 1 saturated heterocycles. The minimum atomic E-state index is -0.0529. The van der Waals surface area contributed by atoms with Crippen molar-refractivity contribution >= 4 is 0 Å². The number of rotatable bonds is 6. The Morgan fingerprint density at radius 2 is 2.10 bits per heavy atom. The molecule has 3 rings (SSSR count). The standard InChI is InChI=1S/C15H18N2O4/c1-18-9-10-19-12-6-4-11(5-7-12)14-16-15(21-17-14)13-3-2-8-20-13/h4-7,13H,2-3,8-10H2,1H3/t13-/m1/s1. The Morgan fingerprint density at radius 1 is 1.24 bits per heavy atom. The molecule has 1 aromatic heterocycles. The van der Waals surface area contributed by atoms with Gasteiger partial charge in [-0.25, -0.2) is 0 Å². The van der Waals surface area contributed by atoms with Gasteiger partial charge in [0.25, 0.3) is 5.89 Å². The number of hydrogen-bond donors (Lipinski definition) is 0. The van der Waals surface area contributed by atoms with Crippen LogP contribution in [0.4, 0.5) is 0 Å². The van der Waals surface area contributed by atoms with E-state index in [9.17, 15) is 0 Å². The van der Waals surface area contributed by atoms with Crippen LogP contribution in [-0.4, -0.2) is 37.1 Å². The molecular weight excluding hydrogens is 272 g/mol. The highest BCUT2D eigenvalue weighted by Gasteiger charge is 2.24. The van der Waals surface area contributed by atoms with Crippen LogP contribution in [0.3, 0.4) is 0 Å². The minimum absolute atomic E-state index is 0.0529. The quantitative estimate of drug-likeness (QED) is 0.762. The summed E-state index contributed by atoms with van der Waals surface area (Å²) >= 11 is 0. The summed E-state index contributed by atoms with van der Waals surface area (Å²) in [5.74, 6) is 1.92. The van der Waals surface area contributed by atoms with Crippen LogP contribution in [0.25, 0.3) is 11.4 Å². The first-order chi connectivity index (χ1) is 10.4. The van der Waals surface area contributed by atoms with Gasteiger partial charge in [-0.3, -0.25) is 0 Å². The van der Waals surface area contributed by atoms with Gasteiger partial charge >= 0.3 is 0 Å². The lowest BCUT2D eigenvalue weighted by Gasteiger charge is -2.05. The molecule has 1 fully saturated rings. The normalized spacial score (nSPS) is 18.0. The molecule has 1 aliphatic rings. The molecule has 0 spiro atoms. The molecule has 2 aromatic rings. The lowest BCUT2D eigenvalue weighted by Crippen LogP contribution is -2.03. The molecule has 1 aliphatic heterocycles. The number of aromatic nitrogens is 2. The molecule has 0 amide bonds. The van der Waals surface area contributed by atoms with Crippen molar-refractivity contribution in [1.29, 1.82) is 0 Å². The zero-order valence-corrected chi connectivity index (χ0v) is 11.9. The molecule has 0 aliphatic carbocycles. The molecule has 1 aromatic carbocycles. The van der Waals surface area contributed by atoms with Crippen molar-refractivity contribution in [3.05, 3.63) is 30.2 Å². The van der Waals surface area contributed by atoms with Crippen molar-refractivity contribution in [3.63, 3.8) is 0 Å². The second kappa shape index (κ2) is 6.69. The fraction of sp³-hybridized carbons (Fsp3) is 0.467. The first kappa shape index (κ1) is 14.0. The smallest absolute Gasteiger partial charge is 0.256 e. The van der Waals surface area contributed by atoms with Crippen LogP contribution in [-0.2, 0) is 9.47 Å². The summed E-state index contributed by atoms with van der Waals surface area (Å²) in [5.41, 5.74) is 0.891. The third-order valence-corrected chi connectivity index (χ3v) is 3.32. The molecule has 0 unspecified atom stereocenters. The fourth-order valence-electron chi connectivity index (χ4n) is 2.20. The number of hydrogen-bond acceptors (Lipinski definition) is 6. The maximum atomic E-state index is 5.53. The predicted octanol–water partition coefficient (Wildman–Crippen LogP) is 2.61. The Bertz CT molecular complexity index is 561. The summed E-state index contributed by atoms with van der Waals surface area (Å²) in [6.07, 6.45) is 1.92. The average Bonchev–Trinajstić information content (AvgIpc) is 3.19. The molecule has 6 nitrogen and oxygen atoms in total. The zero-order chi connectivity index (χ0) is 14.5. The van der Waals surface area contributed by atoms with Crippen LogP contribution in [0.1, 0.15) is 24.8 Å². The number of nitrogens with zero attached hydrogens (tertiary/aromatic N) is 2. The van der Waals surface area contributed by atoms with Gasteiger partial charge in [0.2, 0.25) is 5.82 Å². The van der Waals surface area contributed by atoms with E-state index in [2.05, 4.69) is 10.1 Å². The molecule has 21 heavy (non-hydrogen) atoms. The van der Waals surface area contributed by atoms with Gasteiger partial charge in [-0.2, -0.15) is 4.98 Å². The van der Waals surface area contributed by atoms with Gasteiger partial charge in [-0.1, -0.05) is 5.16 Å². The van der Waals surface area contributed by atoms with E-state index < -0.39 is 0 Å². The first-order valence-electron chi connectivity index (χ1n) is 7.04. The Morgan fingerprint density at radius 3 is 2.81 bits per heavy atom. The van der Waals surface area contributed by atoms with Gasteiger partial charge < -0.3 is 18.7 Å². The Hall–Kier alpha value is -1.92. The molecule has 112 valence electrons. The van der Waals surface area contributed by atoms with E-state index in [1.54, 1.807) is 7.11 Å². The van der Waals surface area contributed by atoms with Crippen molar-refractivity contribution in [2.24, 2.45) is 0 Å². The van der Waals surface area contributed by atoms with Crippen molar-refractivity contribution in [1.82, 2.24) is 10.1 Å². The second-order valence-electron chi connectivity index (χ2n) is 4.82. The van der Waals surface area contributed by atoms with Gasteiger partial charge in [0, 0.05) is 19.3 Å². The van der Waals surface area contributed by atoms with E-state index >= 15 is 0 Å². The van der Waals surface area contributed by atoms with Crippen molar-refractivity contribution in [3.8, 4) is 17.1 Å². The maximum absolute atomic E-state index is 5.53. The summed E-state index contributed by atoms with van der Waals surface area (Å²) in [4.78, 5) is 4.40. The lowest BCUT2D eigenvalue weighted by molar-refractivity contribution is 0.0835. The van der Waals surface area contributed by atoms with Crippen molar-refractivity contribution < 1.29 is 18.7 Å². The van der Waals surface area contributed by atoms with E-state index in [0.29, 0.717) is 24.9 Å². The van der Waals surface area contributed by atoms with Gasteiger partial charge in [-0.15, -0.1) is 0 Å². The zero-order valence-electron chi connectivity index (χ0n) is 11.9. The number of methoxy groups -OCH3 is 1. The molecule has 0 radical (unpaired) electrons. The van der Waals surface area contributed by atoms with E-state index in [1.807, 2.05) is 24.3 Å². The fourth-order valence-corrected chi connectivity index (χ4v) is 2.20. The lowest BCUT2D eigenvalue weighted by atomic mass is 10.2. The molecule has 0 bridgehead atoms. The highest BCUT2D eigenvalue weighted by atomic mass is 16.5. The molecule has 1 atom stereocenters. The largest absolute Gasteiger partial charge is 0.491 e. The maximum Gasteiger partial charge on any atom is 0.256 e. The third kappa shape index (κ3) is 3.40. The van der Waals surface area contributed by atoms with Gasteiger partial charge in [0.15, 0.2) is 0 Å². The summed E-state index contributed by atoms with van der Waals surface area (Å²) in [6, 6.07) is 7.58. The van der Waals surface area contributed by atoms with Gasteiger partial charge in [-0.05, 0) is 37.1 Å². The predicted molar refractivity (Wildman–Crippen MR) is 75.0 cm³/mol. The Kier molecular flexibility index (Phi) is 4.47. The highest BCUT2D eigenvalue weighted by molar-refractivity contribution is 5.55. The summed E-state index contributed by atoms with van der Waals surface area (Å²) in [7, 11) is 1.65. The number of benzene rings is 1. The van der Waals surface area contributed by atoms with E-state index in [-0.39, 0.29) is 6.10 Å². The van der Waals surface area contributed by atoms with Gasteiger partial charge in [0.1, 0.15) is 18.5 Å². The molecule has 0 N–H and O–H groups in total. The average molecular weight is 290 g/mol. The highest BCUT2D eigenvalue weighted by Crippen LogP contribution is 2.29. The van der Waals surface area contributed by atoms with E-state index in [4.69, 9.17) is 18.7 Å². The molecule has 0 saturated carbocycles. The SMILES string of the molecule is COCCOc1ccc(-c2noc([C@H]3CCCO3)n2)cc1. The van der Waals surface area contributed by atoms with Crippen LogP contribution < -0.4 is 4.74 Å². The van der Waals surface area contributed by atoms with E-state index in [0.717, 1.165) is 30.8 Å². The van der Waals surface area contributed by atoms with Crippen LogP contribution in [0, 0.1) is 0 Å². The molecule has 6 heteroatoms. The monoisotopic (exact) mass is 290 g/mol. The topological polar surface area (TPSA) is 66.6 Å². The second-order valence-corrected chi connectivity index (χ2v) is 4.82. The van der Waals surface area contributed by atoms with Crippen LogP contribution in [0.5, 0.6) is 5.75 Å².